The molecule has 39 heavy (non-hydrogen) atoms. The zero-order valence-corrected chi connectivity index (χ0v) is 22.8. The summed E-state index contributed by atoms with van der Waals surface area (Å²) in [6.07, 6.45) is -0.0710. The number of para-hydroxylation sites is 1. The highest BCUT2D eigenvalue weighted by molar-refractivity contribution is 5.99. The summed E-state index contributed by atoms with van der Waals surface area (Å²) in [5.74, 6) is -1.77. The van der Waals surface area contributed by atoms with Crippen molar-refractivity contribution in [1.29, 1.82) is 0 Å². The molecule has 2 atom stereocenters. The number of ether oxygens (including phenoxy) is 1. The molecule has 0 saturated carbocycles. The SMILES string of the molecule is CC(C)[C@H]1COc2ccccc2C(=O)N[C@H](C(=O)NCC(C)(C)c2ccc(F)cc2)CCC(=O)NCC(=O)N1. The molecule has 1 aliphatic rings. The maximum atomic E-state index is 13.4. The molecule has 0 spiro atoms. The van der Waals surface area contributed by atoms with Crippen LogP contribution in [0.4, 0.5) is 4.39 Å². The normalized spacial score (nSPS) is 19.4. The fourth-order valence-corrected chi connectivity index (χ4v) is 4.10. The molecule has 9 nitrogen and oxygen atoms in total. The first-order valence-corrected chi connectivity index (χ1v) is 13.1. The third-order valence-corrected chi connectivity index (χ3v) is 6.76. The van der Waals surface area contributed by atoms with Crippen LogP contribution in [0, 0.1) is 11.7 Å². The van der Waals surface area contributed by atoms with E-state index in [1.54, 1.807) is 36.4 Å². The second kappa shape index (κ2) is 13.2. The Hall–Kier alpha value is -3.95. The van der Waals surface area contributed by atoms with Gasteiger partial charge >= 0.3 is 0 Å². The Morgan fingerprint density at radius 3 is 2.44 bits per heavy atom. The van der Waals surface area contributed by atoms with Crippen LogP contribution in [-0.4, -0.2) is 55.4 Å². The van der Waals surface area contributed by atoms with Gasteiger partial charge in [-0.1, -0.05) is 52.0 Å². The lowest BCUT2D eigenvalue weighted by Gasteiger charge is -2.27. The number of nitrogens with one attached hydrogen (secondary N) is 4. The van der Waals surface area contributed by atoms with Crippen molar-refractivity contribution in [3.63, 3.8) is 0 Å². The van der Waals surface area contributed by atoms with Gasteiger partial charge in [0, 0.05) is 18.4 Å². The minimum absolute atomic E-state index is 0.0135. The number of benzene rings is 2. The largest absolute Gasteiger partial charge is 0.491 e. The minimum atomic E-state index is -1.03. The van der Waals surface area contributed by atoms with Crippen molar-refractivity contribution < 1.29 is 28.3 Å². The summed E-state index contributed by atoms with van der Waals surface area (Å²) in [6, 6.07) is 11.3. The molecular weight excluding hydrogens is 503 g/mol. The quantitative estimate of drug-likeness (QED) is 0.464. The topological polar surface area (TPSA) is 126 Å². The molecular formula is C29H37FN4O5. The van der Waals surface area contributed by atoms with Gasteiger partial charge in [-0.25, -0.2) is 4.39 Å². The summed E-state index contributed by atoms with van der Waals surface area (Å²) in [5.41, 5.74) is 0.541. The molecule has 0 aromatic heterocycles. The molecule has 210 valence electrons. The van der Waals surface area contributed by atoms with Crippen molar-refractivity contribution in [3.8, 4) is 5.75 Å². The monoisotopic (exact) mass is 540 g/mol. The van der Waals surface area contributed by atoms with E-state index in [0.29, 0.717) is 5.75 Å². The number of hydrogen-bond acceptors (Lipinski definition) is 5. The van der Waals surface area contributed by atoms with Crippen LogP contribution in [0.3, 0.4) is 0 Å². The van der Waals surface area contributed by atoms with Gasteiger partial charge in [0.05, 0.1) is 18.2 Å². The predicted octanol–water partition coefficient (Wildman–Crippen LogP) is 2.45. The van der Waals surface area contributed by atoms with Gasteiger partial charge in [-0.2, -0.15) is 0 Å². The Balaban J connectivity index is 1.80. The lowest BCUT2D eigenvalue weighted by atomic mass is 9.84. The van der Waals surface area contributed by atoms with Gasteiger partial charge in [-0.3, -0.25) is 19.2 Å². The molecule has 4 N–H and O–H groups in total. The molecule has 0 bridgehead atoms. The summed E-state index contributed by atoms with van der Waals surface area (Å²) in [5, 5.41) is 11.0. The first-order chi connectivity index (χ1) is 18.5. The molecule has 1 heterocycles. The van der Waals surface area contributed by atoms with Crippen molar-refractivity contribution in [2.75, 3.05) is 19.7 Å². The number of fused-ring (bicyclic) bond motifs is 1. The van der Waals surface area contributed by atoms with Crippen LogP contribution in [0.5, 0.6) is 5.75 Å². The number of hydrogen-bond donors (Lipinski definition) is 4. The van der Waals surface area contributed by atoms with E-state index >= 15 is 0 Å². The Kier molecular flexibility index (Phi) is 10.0. The molecule has 2 aromatic rings. The highest BCUT2D eigenvalue weighted by atomic mass is 19.1. The van der Waals surface area contributed by atoms with Gasteiger partial charge in [-0.05, 0) is 42.2 Å². The highest BCUT2D eigenvalue weighted by Gasteiger charge is 2.28. The lowest BCUT2D eigenvalue weighted by molar-refractivity contribution is -0.127. The molecule has 0 saturated heterocycles. The molecule has 0 radical (unpaired) electrons. The maximum Gasteiger partial charge on any atom is 0.255 e. The van der Waals surface area contributed by atoms with Crippen LogP contribution in [0.25, 0.3) is 0 Å². The Morgan fingerprint density at radius 1 is 1.05 bits per heavy atom. The van der Waals surface area contributed by atoms with Crippen molar-refractivity contribution >= 4 is 23.6 Å². The van der Waals surface area contributed by atoms with Crippen LogP contribution in [-0.2, 0) is 19.8 Å². The van der Waals surface area contributed by atoms with Crippen LogP contribution < -0.4 is 26.0 Å². The van der Waals surface area contributed by atoms with E-state index in [9.17, 15) is 23.6 Å². The van der Waals surface area contributed by atoms with Gasteiger partial charge in [-0.15, -0.1) is 0 Å². The van der Waals surface area contributed by atoms with Crippen LogP contribution in [0.15, 0.2) is 48.5 Å². The Morgan fingerprint density at radius 2 is 1.74 bits per heavy atom. The molecule has 0 unspecified atom stereocenters. The summed E-state index contributed by atoms with van der Waals surface area (Å²) in [6.45, 7) is 7.79. The standard InChI is InChI=1S/C29H37FN4O5/c1-18(2)23-16-39-24-8-6-5-7-21(24)27(37)34-22(13-14-25(35)31-15-26(36)33-23)28(38)32-17-29(3,4)19-9-11-20(30)12-10-19/h5-12,18,22-23H,13-17H2,1-4H3,(H,31,35)(H,32,38)(H,33,36)(H,34,37)/t22-,23+/m0/s1. The van der Waals surface area contributed by atoms with Gasteiger partial charge in [0.2, 0.25) is 17.7 Å². The molecule has 1 aliphatic heterocycles. The average Bonchev–Trinajstić information content (AvgIpc) is 2.90. The zero-order chi connectivity index (χ0) is 28.6. The number of carbonyl (C=O) groups excluding carboxylic acids is 4. The van der Waals surface area contributed by atoms with E-state index in [4.69, 9.17) is 4.74 Å². The van der Waals surface area contributed by atoms with Gasteiger partial charge in [0.1, 0.15) is 24.2 Å². The zero-order valence-electron chi connectivity index (χ0n) is 22.8. The van der Waals surface area contributed by atoms with Crippen molar-refractivity contribution in [2.24, 2.45) is 5.92 Å². The summed E-state index contributed by atoms with van der Waals surface area (Å²) >= 11 is 0. The molecule has 0 aliphatic carbocycles. The van der Waals surface area contributed by atoms with Gasteiger partial charge < -0.3 is 26.0 Å². The number of rotatable bonds is 5. The second-order valence-corrected chi connectivity index (χ2v) is 10.7. The number of carbonyl (C=O) groups is 4. The van der Waals surface area contributed by atoms with Crippen LogP contribution in [0.1, 0.15) is 56.5 Å². The van der Waals surface area contributed by atoms with Crippen molar-refractivity contribution in [1.82, 2.24) is 21.3 Å². The van der Waals surface area contributed by atoms with Gasteiger partial charge in [0.25, 0.3) is 5.91 Å². The molecule has 3 rings (SSSR count). The van der Waals surface area contributed by atoms with Crippen LogP contribution in [0.2, 0.25) is 0 Å². The molecule has 4 amide bonds. The van der Waals surface area contributed by atoms with E-state index in [0.717, 1.165) is 5.56 Å². The summed E-state index contributed by atoms with van der Waals surface area (Å²) < 4.78 is 19.3. The smallest absolute Gasteiger partial charge is 0.255 e. The minimum Gasteiger partial charge on any atom is -0.491 e. The van der Waals surface area contributed by atoms with Crippen LogP contribution >= 0.6 is 0 Å². The average molecular weight is 541 g/mol. The first kappa shape index (κ1) is 29.6. The van der Waals surface area contributed by atoms with E-state index in [1.165, 1.54) is 12.1 Å². The molecule has 10 heteroatoms. The second-order valence-electron chi connectivity index (χ2n) is 10.7. The number of halogens is 1. The molecule has 0 fully saturated rings. The van der Waals surface area contributed by atoms with E-state index in [2.05, 4.69) is 21.3 Å². The van der Waals surface area contributed by atoms with Crippen molar-refractivity contribution in [3.05, 3.63) is 65.5 Å². The van der Waals surface area contributed by atoms with E-state index in [1.807, 2.05) is 27.7 Å². The number of amides is 4. The Labute approximate surface area is 228 Å². The highest BCUT2D eigenvalue weighted by Crippen LogP contribution is 2.23. The van der Waals surface area contributed by atoms with Crippen molar-refractivity contribution in [2.45, 2.75) is 58.0 Å². The van der Waals surface area contributed by atoms with Gasteiger partial charge in [0.15, 0.2) is 0 Å². The fourth-order valence-electron chi connectivity index (χ4n) is 4.10. The predicted molar refractivity (Wildman–Crippen MR) is 145 cm³/mol. The first-order valence-electron chi connectivity index (χ1n) is 13.1. The molecule has 2 aromatic carbocycles. The fraction of sp³-hybridized carbons (Fsp3) is 0.448. The summed E-state index contributed by atoms with van der Waals surface area (Å²) in [4.78, 5) is 51.4. The van der Waals surface area contributed by atoms with E-state index in [-0.39, 0.29) is 61.8 Å². The maximum absolute atomic E-state index is 13.4. The summed E-state index contributed by atoms with van der Waals surface area (Å²) in [7, 11) is 0. The third-order valence-electron chi connectivity index (χ3n) is 6.76. The lowest BCUT2D eigenvalue weighted by Crippen LogP contribution is -2.49. The Bertz CT molecular complexity index is 1180. The third kappa shape index (κ3) is 8.53. The van der Waals surface area contributed by atoms with E-state index < -0.39 is 29.2 Å².